The largest absolute Gasteiger partial charge is 0.287 e. The minimum atomic E-state index is -0.124. The van der Waals surface area contributed by atoms with Gasteiger partial charge >= 0.3 is 0 Å². The number of aromatic nitrogens is 2. The van der Waals surface area contributed by atoms with E-state index in [4.69, 9.17) is 11.6 Å². The summed E-state index contributed by atoms with van der Waals surface area (Å²) in [7, 11) is 1.70. The molecule has 0 spiro atoms. The Kier molecular flexibility index (Phi) is 3.89. The molecule has 0 aliphatic rings. The molecule has 0 saturated heterocycles. The van der Waals surface area contributed by atoms with Crippen LogP contribution < -0.4 is 0 Å². The molecule has 1 heterocycles. The van der Waals surface area contributed by atoms with E-state index >= 15 is 0 Å². The summed E-state index contributed by atoms with van der Waals surface area (Å²) in [6.45, 7) is 0. The zero-order valence-corrected chi connectivity index (χ0v) is 13.2. The topological polar surface area (TPSA) is 34.9 Å². The number of rotatable bonds is 2. The fourth-order valence-electron chi connectivity index (χ4n) is 1.47. The lowest BCUT2D eigenvalue weighted by atomic mass is 10.1. The van der Waals surface area contributed by atoms with Crippen molar-refractivity contribution in [1.82, 2.24) is 9.78 Å². The van der Waals surface area contributed by atoms with Gasteiger partial charge in [-0.2, -0.15) is 5.10 Å². The number of carbonyl (C=O) groups is 1. The Labute approximate surface area is 125 Å². The highest BCUT2D eigenvalue weighted by molar-refractivity contribution is 14.1. The fraction of sp³-hybridized carbons (Fsp3) is 0.0909. The Morgan fingerprint density at radius 3 is 2.82 bits per heavy atom. The van der Waals surface area contributed by atoms with Gasteiger partial charge in [0.2, 0.25) is 5.78 Å². The van der Waals surface area contributed by atoms with Crippen molar-refractivity contribution in [2.75, 3.05) is 0 Å². The predicted molar refractivity (Wildman–Crippen MR) is 78.5 cm³/mol. The number of hydrogen-bond acceptors (Lipinski definition) is 2. The van der Waals surface area contributed by atoms with Crippen molar-refractivity contribution in [3.63, 3.8) is 0 Å². The molecule has 0 fully saturated rings. The molecule has 0 saturated carbocycles. The lowest BCUT2D eigenvalue weighted by Gasteiger charge is -2.05. The van der Waals surface area contributed by atoms with Crippen molar-refractivity contribution in [3.05, 3.63) is 48.7 Å². The van der Waals surface area contributed by atoms with Crippen LogP contribution in [0.1, 0.15) is 16.1 Å². The zero-order chi connectivity index (χ0) is 12.6. The van der Waals surface area contributed by atoms with Gasteiger partial charge in [-0.05, 0) is 40.8 Å². The smallest absolute Gasteiger partial charge is 0.213 e. The highest BCUT2D eigenvalue weighted by Crippen LogP contribution is 2.24. The standard InChI is InChI=1S/C11H7BrClIN2O/c1-16-10(8(13)5-15-16)11(17)7-4-6(12)2-3-9(7)14/h2-5H,1H3. The maximum atomic E-state index is 12.4. The van der Waals surface area contributed by atoms with Crippen LogP contribution in [0.15, 0.2) is 28.9 Å². The van der Waals surface area contributed by atoms with Gasteiger partial charge in [0.05, 0.1) is 11.2 Å². The van der Waals surface area contributed by atoms with E-state index in [1.807, 2.05) is 12.1 Å². The number of carbonyl (C=O) groups excluding carboxylic acids is 1. The molecule has 0 atom stereocenters. The molecular formula is C11H7BrClIN2O. The van der Waals surface area contributed by atoms with Crippen molar-refractivity contribution in [3.8, 4) is 0 Å². The first kappa shape index (κ1) is 13.0. The summed E-state index contributed by atoms with van der Waals surface area (Å²) in [6.07, 6.45) is 1.47. The molecule has 0 bridgehead atoms. The minimum absolute atomic E-state index is 0.124. The summed E-state index contributed by atoms with van der Waals surface area (Å²) in [4.78, 5) is 12.4. The van der Waals surface area contributed by atoms with Crippen LogP contribution in [0.4, 0.5) is 0 Å². The van der Waals surface area contributed by atoms with Crippen LogP contribution in [0.2, 0.25) is 5.02 Å². The van der Waals surface area contributed by atoms with Crippen LogP contribution in [-0.2, 0) is 7.05 Å². The highest BCUT2D eigenvalue weighted by atomic mass is 127. The normalized spacial score (nSPS) is 10.6. The van der Waals surface area contributed by atoms with Gasteiger partial charge in [0.15, 0.2) is 0 Å². The molecule has 0 unspecified atom stereocenters. The zero-order valence-electron chi connectivity index (χ0n) is 8.75. The molecule has 1 aromatic heterocycles. The molecule has 0 amide bonds. The van der Waals surface area contributed by atoms with Crippen molar-refractivity contribution >= 4 is 55.9 Å². The van der Waals surface area contributed by atoms with Gasteiger partial charge in [-0.15, -0.1) is 0 Å². The van der Waals surface area contributed by atoms with E-state index in [0.717, 1.165) is 8.04 Å². The average Bonchev–Trinajstić information content (AvgIpc) is 2.61. The Hall–Kier alpha value is -0.400. The third kappa shape index (κ3) is 2.56. The second-order valence-corrected chi connectivity index (χ2v) is 5.90. The molecular weight excluding hydrogens is 418 g/mol. The molecule has 2 rings (SSSR count). The Morgan fingerprint density at radius 1 is 1.53 bits per heavy atom. The van der Waals surface area contributed by atoms with Gasteiger partial charge in [0.1, 0.15) is 5.69 Å². The number of nitrogens with zero attached hydrogens (tertiary/aromatic N) is 2. The second-order valence-electron chi connectivity index (χ2n) is 3.42. The second kappa shape index (κ2) is 5.07. The van der Waals surface area contributed by atoms with E-state index in [9.17, 15) is 4.79 Å². The molecule has 3 nitrogen and oxygen atoms in total. The molecule has 1 aromatic carbocycles. The van der Waals surface area contributed by atoms with Gasteiger partial charge in [0, 0.05) is 20.7 Å². The molecule has 0 aliphatic carbocycles. The van der Waals surface area contributed by atoms with Crippen LogP contribution in [-0.4, -0.2) is 15.6 Å². The number of aryl methyl sites for hydroxylation is 1. The number of benzene rings is 1. The summed E-state index contributed by atoms with van der Waals surface area (Å²) in [5.41, 5.74) is 1.02. The predicted octanol–water partition coefficient (Wildman–Crippen LogP) is 3.67. The Balaban J connectivity index is 2.55. The van der Waals surface area contributed by atoms with Crippen molar-refractivity contribution in [2.24, 2.45) is 7.05 Å². The maximum absolute atomic E-state index is 12.4. The van der Waals surface area contributed by atoms with Gasteiger partial charge in [0.25, 0.3) is 0 Å². The number of hydrogen-bond donors (Lipinski definition) is 0. The summed E-state index contributed by atoms with van der Waals surface area (Å²) < 4.78 is 3.23. The van der Waals surface area contributed by atoms with Crippen LogP contribution >= 0.6 is 50.1 Å². The summed E-state index contributed by atoms with van der Waals surface area (Å²) in [6, 6.07) is 5.55. The van der Waals surface area contributed by atoms with Crippen molar-refractivity contribution < 1.29 is 4.79 Å². The molecule has 0 N–H and O–H groups in total. The first-order valence-electron chi connectivity index (χ1n) is 4.68. The average molecular weight is 425 g/mol. The quantitative estimate of drug-likeness (QED) is 0.544. The van der Waals surface area contributed by atoms with Crippen LogP contribution in [0, 0.1) is 3.57 Å². The summed E-state index contributed by atoms with van der Waals surface area (Å²) in [5.74, 6) is -0.124. The third-order valence-electron chi connectivity index (χ3n) is 2.28. The molecule has 0 radical (unpaired) electrons. The van der Waals surface area contributed by atoms with E-state index in [2.05, 4.69) is 43.6 Å². The van der Waals surface area contributed by atoms with Gasteiger partial charge in [-0.3, -0.25) is 9.48 Å². The number of halogens is 3. The van der Waals surface area contributed by atoms with Crippen molar-refractivity contribution in [2.45, 2.75) is 0 Å². The lowest BCUT2D eigenvalue weighted by Crippen LogP contribution is -2.10. The van der Waals surface area contributed by atoms with Gasteiger partial charge in [-0.25, -0.2) is 0 Å². The van der Waals surface area contributed by atoms with E-state index in [1.165, 1.54) is 10.9 Å². The summed E-state index contributed by atoms with van der Waals surface area (Å²) >= 11 is 11.4. The monoisotopic (exact) mass is 424 g/mol. The molecule has 88 valence electrons. The van der Waals surface area contributed by atoms with Gasteiger partial charge < -0.3 is 0 Å². The summed E-state index contributed by atoms with van der Waals surface area (Å²) in [5, 5.41) is 4.33. The molecule has 6 heteroatoms. The third-order valence-corrected chi connectivity index (χ3v) is 3.99. The van der Waals surface area contributed by atoms with E-state index in [-0.39, 0.29) is 5.78 Å². The van der Waals surface area contributed by atoms with E-state index in [1.54, 1.807) is 13.1 Å². The SMILES string of the molecule is Cn1ncc(Cl)c1C(=O)c1cc(Br)ccc1I. The minimum Gasteiger partial charge on any atom is -0.287 e. The molecule has 17 heavy (non-hydrogen) atoms. The maximum Gasteiger partial charge on any atom is 0.213 e. The first-order chi connectivity index (χ1) is 8.00. The van der Waals surface area contributed by atoms with E-state index < -0.39 is 0 Å². The Bertz CT molecular complexity index is 578. The lowest BCUT2D eigenvalue weighted by molar-refractivity contribution is 0.102. The number of ketones is 1. The van der Waals surface area contributed by atoms with Crippen molar-refractivity contribution in [1.29, 1.82) is 0 Å². The van der Waals surface area contributed by atoms with Crippen LogP contribution in [0.25, 0.3) is 0 Å². The van der Waals surface area contributed by atoms with Gasteiger partial charge in [-0.1, -0.05) is 27.5 Å². The van der Waals surface area contributed by atoms with E-state index in [0.29, 0.717) is 16.3 Å². The Morgan fingerprint density at radius 2 is 2.24 bits per heavy atom. The van der Waals surface area contributed by atoms with Crippen LogP contribution in [0.5, 0.6) is 0 Å². The fourth-order valence-corrected chi connectivity index (χ4v) is 2.66. The first-order valence-corrected chi connectivity index (χ1v) is 6.93. The molecule has 2 aromatic rings. The molecule has 0 aliphatic heterocycles. The highest BCUT2D eigenvalue weighted by Gasteiger charge is 2.19. The van der Waals surface area contributed by atoms with Crippen LogP contribution in [0.3, 0.4) is 0 Å².